The minimum absolute atomic E-state index is 0.506. The van der Waals surface area contributed by atoms with Crippen molar-refractivity contribution in [3.8, 4) is 0 Å². The van der Waals surface area contributed by atoms with Crippen molar-refractivity contribution in [3.05, 3.63) is 18.0 Å². The van der Waals surface area contributed by atoms with Crippen molar-refractivity contribution >= 4 is 0 Å². The Morgan fingerprint density at radius 2 is 2.38 bits per heavy atom. The van der Waals surface area contributed by atoms with Gasteiger partial charge in [-0.1, -0.05) is 6.92 Å². The zero-order valence-corrected chi connectivity index (χ0v) is 8.53. The maximum absolute atomic E-state index is 5.44. The number of aromatic nitrogens is 2. The molecule has 74 valence electrons. The SMILES string of the molecule is CC[C@@H](C)n1cc(CCCN)cn1. The molecule has 0 aliphatic rings. The highest BCUT2D eigenvalue weighted by Gasteiger charge is 2.03. The molecule has 1 atom stereocenters. The first-order chi connectivity index (χ1) is 6.27. The van der Waals surface area contributed by atoms with Crippen LogP contribution in [0.15, 0.2) is 12.4 Å². The first-order valence-corrected chi connectivity index (χ1v) is 5.01. The highest BCUT2D eigenvalue weighted by atomic mass is 15.3. The topological polar surface area (TPSA) is 43.8 Å². The molecule has 0 bridgehead atoms. The van der Waals surface area contributed by atoms with E-state index in [-0.39, 0.29) is 0 Å². The fraction of sp³-hybridized carbons (Fsp3) is 0.700. The van der Waals surface area contributed by atoms with Gasteiger partial charge in [0.2, 0.25) is 0 Å². The van der Waals surface area contributed by atoms with E-state index in [4.69, 9.17) is 5.73 Å². The Morgan fingerprint density at radius 3 is 3.00 bits per heavy atom. The zero-order chi connectivity index (χ0) is 9.68. The largest absolute Gasteiger partial charge is 0.330 e. The summed E-state index contributed by atoms with van der Waals surface area (Å²) in [5.41, 5.74) is 6.74. The first-order valence-electron chi connectivity index (χ1n) is 5.01. The lowest BCUT2D eigenvalue weighted by Crippen LogP contribution is -2.03. The molecular formula is C10H19N3. The molecule has 0 aliphatic carbocycles. The van der Waals surface area contributed by atoms with E-state index in [2.05, 4.69) is 25.1 Å². The van der Waals surface area contributed by atoms with E-state index < -0.39 is 0 Å². The van der Waals surface area contributed by atoms with Crippen molar-refractivity contribution in [3.63, 3.8) is 0 Å². The fourth-order valence-corrected chi connectivity index (χ4v) is 1.24. The number of aryl methyl sites for hydroxylation is 1. The molecule has 0 saturated heterocycles. The molecule has 1 heterocycles. The summed E-state index contributed by atoms with van der Waals surface area (Å²) in [5, 5.41) is 4.32. The number of hydrogen-bond donors (Lipinski definition) is 1. The summed E-state index contributed by atoms with van der Waals surface area (Å²) in [6.45, 7) is 5.11. The summed E-state index contributed by atoms with van der Waals surface area (Å²) in [6, 6.07) is 0.506. The van der Waals surface area contributed by atoms with Crippen LogP contribution < -0.4 is 5.73 Å². The van der Waals surface area contributed by atoms with Gasteiger partial charge < -0.3 is 5.73 Å². The summed E-state index contributed by atoms with van der Waals surface area (Å²) in [5.74, 6) is 0. The molecule has 13 heavy (non-hydrogen) atoms. The number of nitrogens with two attached hydrogens (primary N) is 1. The maximum Gasteiger partial charge on any atom is 0.0521 e. The summed E-state index contributed by atoms with van der Waals surface area (Å²) in [7, 11) is 0. The number of rotatable bonds is 5. The first kappa shape index (κ1) is 10.3. The Labute approximate surface area is 79.9 Å². The van der Waals surface area contributed by atoms with Crippen LogP contribution in [0.3, 0.4) is 0 Å². The lowest BCUT2D eigenvalue weighted by Gasteiger charge is -2.07. The van der Waals surface area contributed by atoms with Crippen LogP contribution >= 0.6 is 0 Å². The van der Waals surface area contributed by atoms with E-state index in [1.165, 1.54) is 5.56 Å². The number of hydrogen-bond acceptors (Lipinski definition) is 2. The van der Waals surface area contributed by atoms with Gasteiger partial charge in [-0.05, 0) is 38.3 Å². The predicted molar refractivity (Wildman–Crippen MR) is 54.6 cm³/mol. The van der Waals surface area contributed by atoms with Crippen molar-refractivity contribution in [1.29, 1.82) is 0 Å². The second-order valence-electron chi connectivity index (χ2n) is 3.48. The van der Waals surface area contributed by atoms with Gasteiger partial charge in [0.05, 0.1) is 6.20 Å². The lowest BCUT2D eigenvalue weighted by atomic mass is 10.2. The van der Waals surface area contributed by atoms with Crippen LogP contribution in [-0.2, 0) is 6.42 Å². The Bertz CT molecular complexity index is 242. The predicted octanol–water partition coefficient (Wildman–Crippen LogP) is 1.75. The fourth-order valence-electron chi connectivity index (χ4n) is 1.24. The molecule has 3 nitrogen and oxygen atoms in total. The van der Waals surface area contributed by atoms with E-state index in [0.717, 1.165) is 25.8 Å². The van der Waals surface area contributed by atoms with Crippen LogP contribution in [-0.4, -0.2) is 16.3 Å². The third-order valence-electron chi connectivity index (χ3n) is 2.37. The van der Waals surface area contributed by atoms with Crippen LogP contribution in [0, 0.1) is 0 Å². The van der Waals surface area contributed by atoms with Gasteiger partial charge in [0, 0.05) is 12.2 Å². The monoisotopic (exact) mass is 181 g/mol. The molecule has 0 aromatic carbocycles. The molecular weight excluding hydrogens is 162 g/mol. The lowest BCUT2D eigenvalue weighted by molar-refractivity contribution is 0.477. The van der Waals surface area contributed by atoms with Gasteiger partial charge in [-0.25, -0.2) is 0 Å². The van der Waals surface area contributed by atoms with E-state index >= 15 is 0 Å². The standard InChI is InChI=1S/C10H19N3/c1-3-9(2)13-8-10(7-12-13)5-4-6-11/h7-9H,3-6,11H2,1-2H3/t9-/m1/s1. The highest BCUT2D eigenvalue weighted by molar-refractivity contribution is 5.04. The second-order valence-corrected chi connectivity index (χ2v) is 3.48. The molecule has 0 unspecified atom stereocenters. The molecule has 0 spiro atoms. The molecule has 1 aromatic rings. The maximum atomic E-state index is 5.44. The van der Waals surface area contributed by atoms with Crippen LogP contribution in [0.2, 0.25) is 0 Å². The molecule has 0 aliphatic heterocycles. The van der Waals surface area contributed by atoms with Gasteiger partial charge in [-0.2, -0.15) is 5.10 Å². The Kier molecular flexibility index (Phi) is 3.96. The molecule has 0 radical (unpaired) electrons. The van der Waals surface area contributed by atoms with Gasteiger partial charge in [0.25, 0.3) is 0 Å². The normalized spacial score (nSPS) is 13.2. The summed E-state index contributed by atoms with van der Waals surface area (Å²) >= 11 is 0. The van der Waals surface area contributed by atoms with E-state index in [1.54, 1.807) is 0 Å². The van der Waals surface area contributed by atoms with Crippen molar-refractivity contribution in [2.45, 2.75) is 39.2 Å². The van der Waals surface area contributed by atoms with Crippen molar-refractivity contribution in [2.75, 3.05) is 6.54 Å². The molecule has 0 saturated carbocycles. The zero-order valence-electron chi connectivity index (χ0n) is 8.53. The molecule has 2 N–H and O–H groups in total. The second kappa shape index (κ2) is 5.02. The van der Waals surface area contributed by atoms with E-state index in [9.17, 15) is 0 Å². The molecule has 0 fully saturated rings. The Balaban J connectivity index is 2.53. The molecule has 1 rings (SSSR count). The highest BCUT2D eigenvalue weighted by Crippen LogP contribution is 2.10. The minimum Gasteiger partial charge on any atom is -0.330 e. The van der Waals surface area contributed by atoms with Gasteiger partial charge in [-0.3, -0.25) is 4.68 Å². The van der Waals surface area contributed by atoms with Crippen molar-refractivity contribution in [1.82, 2.24) is 9.78 Å². The Morgan fingerprint density at radius 1 is 1.62 bits per heavy atom. The summed E-state index contributed by atoms with van der Waals surface area (Å²) in [6.07, 6.45) is 7.29. The smallest absolute Gasteiger partial charge is 0.0521 e. The van der Waals surface area contributed by atoms with Crippen LogP contribution in [0.25, 0.3) is 0 Å². The average Bonchev–Trinajstić information content (AvgIpc) is 2.62. The number of nitrogens with zero attached hydrogens (tertiary/aromatic N) is 2. The van der Waals surface area contributed by atoms with E-state index in [1.807, 2.05) is 10.9 Å². The van der Waals surface area contributed by atoms with Crippen molar-refractivity contribution in [2.24, 2.45) is 5.73 Å². The van der Waals surface area contributed by atoms with Crippen LogP contribution in [0.5, 0.6) is 0 Å². The summed E-state index contributed by atoms with van der Waals surface area (Å²) < 4.78 is 2.03. The summed E-state index contributed by atoms with van der Waals surface area (Å²) in [4.78, 5) is 0. The van der Waals surface area contributed by atoms with Crippen LogP contribution in [0.4, 0.5) is 0 Å². The molecule has 0 amide bonds. The van der Waals surface area contributed by atoms with Gasteiger partial charge in [-0.15, -0.1) is 0 Å². The molecule has 3 heteroatoms. The third kappa shape index (κ3) is 2.84. The van der Waals surface area contributed by atoms with Gasteiger partial charge in [0.15, 0.2) is 0 Å². The quantitative estimate of drug-likeness (QED) is 0.752. The van der Waals surface area contributed by atoms with Crippen LogP contribution in [0.1, 0.15) is 38.3 Å². The Hall–Kier alpha value is -0.830. The van der Waals surface area contributed by atoms with E-state index in [0.29, 0.717) is 6.04 Å². The van der Waals surface area contributed by atoms with Gasteiger partial charge >= 0.3 is 0 Å². The van der Waals surface area contributed by atoms with Gasteiger partial charge in [0.1, 0.15) is 0 Å². The minimum atomic E-state index is 0.506. The third-order valence-corrected chi connectivity index (χ3v) is 2.37. The average molecular weight is 181 g/mol. The molecule has 1 aromatic heterocycles. The van der Waals surface area contributed by atoms with Crippen molar-refractivity contribution < 1.29 is 0 Å².